The first-order chi connectivity index (χ1) is 9.69. The average Bonchev–Trinajstić information content (AvgIpc) is 2.45. The summed E-state index contributed by atoms with van der Waals surface area (Å²) in [6.45, 7) is 2.81. The molecule has 0 aromatic heterocycles. The fraction of sp³-hybridized carbons (Fsp3) is 0.353. The van der Waals surface area contributed by atoms with E-state index in [-0.39, 0.29) is 12.5 Å². The van der Waals surface area contributed by atoms with E-state index >= 15 is 0 Å². The number of fused-ring (bicyclic) bond motifs is 1. The topological polar surface area (TPSA) is 49.3 Å². The van der Waals surface area contributed by atoms with Crippen LogP contribution in [0.5, 0.6) is 0 Å². The van der Waals surface area contributed by atoms with Gasteiger partial charge >= 0.3 is 0 Å². The minimum atomic E-state index is 0.0325. The first kappa shape index (κ1) is 14.5. The van der Waals surface area contributed by atoms with Gasteiger partial charge in [-0.3, -0.25) is 4.79 Å². The third kappa shape index (κ3) is 4.07. The van der Waals surface area contributed by atoms with Crippen molar-refractivity contribution >= 4 is 16.7 Å². The molecule has 1 atom stereocenters. The van der Waals surface area contributed by atoms with Crippen LogP contribution in [0, 0.1) is 5.92 Å². The third-order valence-electron chi connectivity index (χ3n) is 3.45. The van der Waals surface area contributed by atoms with Crippen molar-refractivity contribution in [3.05, 3.63) is 48.0 Å². The van der Waals surface area contributed by atoms with Gasteiger partial charge in [0, 0.05) is 13.2 Å². The van der Waals surface area contributed by atoms with Gasteiger partial charge in [0.25, 0.3) is 0 Å². The van der Waals surface area contributed by atoms with Crippen molar-refractivity contribution in [2.45, 2.75) is 19.8 Å². The van der Waals surface area contributed by atoms with Gasteiger partial charge in [-0.2, -0.15) is 0 Å². The fourth-order valence-electron chi connectivity index (χ4n) is 2.21. The second-order valence-electron chi connectivity index (χ2n) is 5.28. The number of amides is 1. The molecule has 0 heterocycles. The molecular weight excluding hydrogens is 250 g/mol. The van der Waals surface area contributed by atoms with Crippen molar-refractivity contribution in [3.63, 3.8) is 0 Å². The summed E-state index contributed by atoms with van der Waals surface area (Å²) >= 11 is 0. The van der Waals surface area contributed by atoms with Crippen LogP contribution >= 0.6 is 0 Å². The first-order valence-corrected chi connectivity index (χ1v) is 7.04. The summed E-state index contributed by atoms with van der Waals surface area (Å²) in [6, 6.07) is 14.2. The quantitative estimate of drug-likeness (QED) is 0.848. The Morgan fingerprint density at radius 3 is 2.70 bits per heavy atom. The van der Waals surface area contributed by atoms with Crippen LogP contribution < -0.4 is 5.32 Å². The number of carbonyl (C=O) groups excluding carboxylic acids is 1. The lowest BCUT2D eigenvalue weighted by atomic mass is 10.0. The van der Waals surface area contributed by atoms with Crippen LogP contribution in [0.3, 0.4) is 0 Å². The van der Waals surface area contributed by atoms with Crippen LogP contribution in [0.15, 0.2) is 42.5 Å². The van der Waals surface area contributed by atoms with Gasteiger partial charge in [0.1, 0.15) is 0 Å². The molecule has 106 valence electrons. The Bertz CT molecular complexity index is 580. The van der Waals surface area contributed by atoms with Crippen molar-refractivity contribution in [1.29, 1.82) is 0 Å². The van der Waals surface area contributed by atoms with Crippen LogP contribution in [-0.2, 0) is 11.2 Å². The minimum Gasteiger partial charge on any atom is -0.396 e. The molecular formula is C17H21NO2. The van der Waals surface area contributed by atoms with Gasteiger partial charge in [-0.1, -0.05) is 49.4 Å². The molecule has 1 unspecified atom stereocenters. The zero-order valence-corrected chi connectivity index (χ0v) is 11.8. The summed E-state index contributed by atoms with van der Waals surface area (Å²) in [5.74, 6) is 0.339. The number of hydrogen-bond acceptors (Lipinski definition) is 2. The lowest BCUT2D eigenvalue weighted by molar-refractivity contribution is -0.120. The molecule has 2 aromatic rings. The molecule has 2 rings (SSSR count). The Kier molecular flexibility index (Phi) is 5.13. The largest absolute Gasteiger partial charge is 0.396 e. The predicted octanol–water partition coefficient (Wildman–Crippen LogP) is 2.52. The highest BCUT2D eigenvalue weighted by atomic mass is 16.3. The highest BCUT2D eigenvalue weighted by Gasteiger charge is 2.06. The van der Waals surface area contributed by atoms with E-state index in [0.717, 1.165) is 17.4 Å². The molecule has 0 aliphatic rings. The van der Waals surface area contributed by atoms with Gasteiger partial charge in [-0.25, -0.2) is 0 Å². The number of hydrogen-bond donors (Lipinski definition) is 2. The highest BCUT2D eigenvalue weighted by molar-refractivity contribution is 5.85. The Balaban J connectivity index is 1.92. The van der Waals surface area contributed by atoms with Gasteiger partial charge in [0.2, 0.25) is 5.91 Å². The summed E-state index contributed by atoms with van der Waals surface area (Å²) in [7, 11) is 0. The Morgan fingerprint density at radius 1 is 1.20 bits per heavy atom. The summed E-state index contributed by atoms with van der Waals surface area (Å²) < 4.78 is 0. The van der Waals surface area contributed by atoms with Crippen LogP contribution in [0.25, 0.3) is 10.8 Å². The molecule has 0 aliphatic heterocycles. The first-order valence-electron chi connectivity index (χ1n) is 7.04. The number of aliphatic hydroxyl groups excluding tert-OH is 1. The van der Waals surface area contributed by atoms with Gasteiger partial charge in [-0.05, 0) is 28.7 Å². The molecule has 0 aliphatic carbocycles. The molecule has 20 heavy (non-hydrogen) atoms. The molecule has 0 fully saturated rings. The minimum absolute atomic E-state index is 0.0325. The molecule has 0 radical (unpaired) electrons. The van der Waals surface area contributed by atoms with Gasteiger partial charge in [0.15, 0.2) is 0 Å². The van der Waals surface area contributed by atoms with E-state index in [0.29, 0.717) is 18.9 Å². The normalized spacial score (nSPS) is 12.3. The highest BCUT2D eigenvalue weighted by Crippen LogP contribution is 2.15. The lowest BCUT2D eigenvalue weighted by Gasteiger charge is -2.11. The molecule has 2 aromatic carbocycles. The standard InChI is InChI=1S/C17H21NO2/c1-13(8-9-19)12-18-17(20)11-14-6-7-15-4-2-3-5-16(15)10-14/h2-7,10,13,19H,8-9,11-12H2,1H3,(H,18,20). The van der Waals surface area contributed by atoms with E-state index in [2.05, 4.69) is 23.5 Å². The average molecular weight is 271 g/mol. The molecule has 3 nitrogen and oxygen atoms in total. The van der Waals surface area contributed by atoms with Gasteiger partial charge < -0.3 is 10.4 Å². The van der Waals surface area contributed by atoms with Crippen molar-refractivity contribution in [2.24, 2.45) is 5.92 Å². The zero-order valence-electron chi connectivity index (χ0n) is 11.8. The van der Waals surface area contributed by atoms with E-state index in [1.54, 1.807) is 0 Å². The van der Waals surface area contributed by atoms with Crippen LogP contribution in [0.4, 0.5) is 0 Å². The van der Waals surface area contributed by atoms with Crippen molar-refractivity contribution in [2.75, 3.05) is 13.2 Å². The SMILES string of the molecule is CC(CCO)CNC(=O)Cc1ccc2ccccc2c1. The van der Waals surface area contributed by atoms with E-state index in [4.69, 9.17) is 5.11 Å². The number of nitrogens with one attached hydrogen (secondary N) is 1. The molecule has 0 saturated heterocycles. The lowest BCUT2D eigenvalue weighted by Crippen LogP contribution is -2.29. The number of aliphatic hydroxyl groups is 1. The summed E-state index contributed by atoms with van der Waals surface area (Å²) in [4.78, 5) is 11.9. The van der Waals surface area contributed by atoms with E-state index in [9.17, 15) is 4.79 Å². The molecule has 0 spiro atoms. The molecule has 0 saturated carbocycles. The second kappa shape index (κ2) is 7.06. The molecule has 2 N–H and O–H groups in total. The van der Waals surface area contributed by atoms with Crippen LogP contribution in [0.1, 0.15) is 18.9 Å². The molecule has 3 heteroatoms. The smallest absolute Gasteiger partial charge is 0.224 e. The summed E-state index contributed by atoms with van der Waals surface area (Å²) in [6.07, 6.45) is 1.12. The fourth-order valence-corrected chi connectivity index (χ4v) is 2.21. The monoisotopic (exact) mass is 271 g/mol. The van der Waals surface area contributed by atoms with E-state index in [1.807, 2.05) is 31.2 Å². The Morgan fingerprint density at radius 2 is 1.95 bits per heavy atom. The van der Waals surface area contributed by atoms with Crippen molar-refractivity contribution in [3.8, 4) is 0 Å². The maximum absolute atomic E-state index is 11.9. The summed E-state index contributed by atoms with van der Waals surface area (Å²) in [5, 5.41) is 14.1. The molecule has 0 bridgehead atoms. The zero-order chi connectivity index (χ0) is 14.4. The molecule has 1 amide bonds. The Hall–Kier alpha value is -1.87. The van der Waals surface area contributed by atoms with Crippen LogP contribution in [-0.4, -0.2) is 24.2 Å². The maximum atomic E-state index is 11.9. The second-order valence-corrected chi connectivity index (χ2v) is 5.28. The van der Waals surface area contributed by atoms with Gasteiger partial charge in [-0.15, -0.1) is 0 Å². The number of carbonyl (C=O) groups is 1. The van der Waals surface area contributed by atoms with Crippen molar-refractivity contribution < 1.29 is 9.90 Å². The van der Waals surface area contributed by atoms with Gasteiger partial charge in [0.05, 0.1) is 6.42 Å². The van der Waals surface area contributed by atoms with E-state index in [1.165, 1.54) is 5.39 Å². The Labute approximate surface area is 119 Å². The van der Waals surface area contributed by atoms with Crippen LogP contribution in [0.2, 0.25) is 0 Å². The predicted molar refractivity (Wildman–Crippen MR) is 81.5 cm³/mol. The maximum Gasteiger partial charge on any atom is 0.224 e. The number of rotatable bonds is 6. The van der Waals surface area contributed by atoms with E-state index < -0.39 is 0 Å². The third-order valence-corrected chi connectivity index (χ3v) is 3.45. The number of benzene rings is 2. The summed E-state index contributed by atoms with van der Waals surface area (Å²) in [5.41, 5.74) is 1.02. The van der Waals surface area contributed by atoms with Crippen molar-refractivity contribution in [1.82, 2.24) is 5.32 Å².